The monoisotopic (exact) mass is 289 g/mol. The molecule has 2 aromatic rings. The first-order valence-electron chi connectivity index (χ1n) is 5.63. The Kier molecular flexibility index (Phi) is 3.63. The molecule has 0 amide bonds. The summed E-state index contributed by atoms with van der Waals surface area (Å²) in [7, 11) is -3.84. The van der Waals surface area contributed by atoms with Gasteiger partial charge in [0.05, 0.1) is 27.9 Å². The number of nitrogens with zero attached hydrogens (tertiary/aromatic N) is 4. The highest BCUT2D eigenvalue weighted by atomic mass is 32.2. The number of aryl methyl sites for hydroxylation is 2. The van der Waals surface area contributed by atoms with Gasteiger partial charge in [0.1, 0.15) is 0 Å². The minimum Gasteiger partial charge on any atom is -0.246 e. The molecule has 102 valence electrons. The fourth-order valence-corrected chi connectivity index (χ4v) is 2.40. The topological polar surface area (TPSA) is 109 Å². The average Bonchev–Trinajstić information content (AvgIpc) is 2.43. The summed E-state index contributed by atoms with van der Waals surface area (Å²) in [6.07, 6.45) is 0. The molecule has 0 spiro atoms. The van der Waals surface area contributed by atoms with Crippen molar-refractivity contribution in [1.82, 2.24) is 15.2 Å². The molecule has 2 rings (SSSR count). The van der Waals surface area contributed by atoms with Crippen LogP contribution >= 0.6 is 0 Å². The van der Waals surface area contributed by atoms with Gasteiger partial charge in [-0.25, -0.2) is 18.1 Å². The number of sulfonamides is 1. The Labute approximate surface area is 116 Å². The first kappa shape index (κ1) is 13.9. The van der Waals surface area contributed by atoms with Crippen molar-refractivity contribution in [3.8, 4) is 6.07 Å². The van der Waals surface area contributed by atoms with Gasteiger partial charge in [0.25, 0.3) is 16.0 Å². The number of hydrogen-bond donors (Lipinski definition) is 1. The molecule has 1 N–H and O–H groups in total. The number of benzene rings is 1. The lowest BCUT2D eigenvalue weighted by Gasteiger charge is -2.07. The van der Waals surface area contributed by atoms with Gasteiger partial charge in [-0.2, -0.15) is 10.4 Å². The van der Waals surface area contributed by atoms with E-state index in [0.717, 1.165) is 0 Å². The molecule has 7 nitrogen and oxygen atoms in total. The molecule has 20 heavy (non-hydrogen) atoms. The third kappa shape index (κ3) is 2.89. The van der Waals surface area contributed by atoms with Gasteiger partial charge >= 0.3 is 0 Å². The van der Waals surface area contributed by atoms with Crippen LogP contribution in [0.15, 0.2) is 29.2 Å². The zero-order chi connectivity index (χ0) is 14.8. The maximum absolute atomic E-state index is 12.1. The van der Waals surface area contributed by atoms with Crippen molar-refractivity contribution in [2.24, 2.45) is 0 Å². The van der Waals surface area contributed by atoms with Crippen LogP contribution in [-0.4, -0.2) is 23.6 Å². The Balaban J connectivity index is 2.35. The van der Waals surface area contributed by atoms with E-state index in [0.29, 0.717) is 11.4 Å². The molecule has 0 unspecified atom stereocenters. The number of anilines is 1. The third-order valence-electron chi connectivity index (χ3n) is 2.59. The summed E-state index contributed by atoms with van der Waals surface area (Å²) >= 11 is 0. The first-order chi connectivity index (χ1) is 9.42. The number of nitriles is 1. The van der Waals surface area contributed by atoms with Gasteiger partial charge in [-0.1, -0.05) is 6.07 Å². The van der Waals surface area contributed by atoms with Crippen molar-refractivity contribution < 1.29 is 8.42 Å². The van der Waals surface area contributed by atoms with Crippen LogP contribution in [0, 0.1) is 25.2 Å². The van der Waals surface area contributed by atoms with E-state index < -0.39 is 10.0 Å². The van der Waals surface area contributed by atoms with Crippen molar-refractivity contribution in [2.45, 2.75) is 18.7 Å². The van der Waals surface area contributed by atoms with E-state index in [1.54, 1.807) is 13.8 Å². The van der Waals surface area contributed by atoms with Crippen LogP contribution in [0.5, 0.6) is 0 Å². The summed E-state index contributed by atoms with van der Waals surface area (Å²) in [5.41, 5.74) is 1.47. The molecule has 1 heterocycles. The molecule has 0 saturated heterocycles. The summed E-state index contributed by atoms with van der Waals surface area (Å²) in [5, 5.41) is 16.3. The van der Waals surface area contributed by atoms with Crippen LogP contribution in [0.3, 0.4) is 0 Å². The number of nitrogens with one attached hydrogen (secondary N) is 1. The molecule has 1 aromatic carbocycles. The normalized spacial score (nSPS) is 10.8. The predicted molar refractivity (Wildman–Crippen MR) is 71.3 cm³/mol. The first-order valence-corrected chi connectivity index (χ1v) is 7.11. The van der Waals surface area contributed by atoms with E-state index >= 15 is 0 Å². The van der Waals surface area contributed by atoms with Crippen LogP contribution in [0.25, 0.3) is 0 Å². The molecule has 1 aromatic heterocycles. The predicted octanol–water partition coefficient (Wildman–Crippen LogP) is 1.16. The van der Waals surface area contributed by atoms with E-state index in [2.05, 4.69) is 19.9 Å². The summed E-state index contributed by atoms with van der Waals surface area (Å²) < 4.78 is 26.5. The second kappa shape index (κ2) is 5.22. The highest BCUT2D eigenvalue weighted by Crippen LogP contribution is 2.14. The Bertz CT molecular complexity index is 796. The van der Waals surface area contributed by atoms with Crippen molar-refractivity contribution >= 4 is 16.0 Å². The van der Waals surface area contributed by atoms with E-state index in [1.807, 2.05) is 6.07 Å². The van der Waals surface area contributed by atoms with Gasteiger partial charge in [0.15, 0.2) is 0 Å². The van der Waals surface area contributed by atoms with Gasteiger partial charge < -0.3 is 0 Å². The molecule has 0 aliphatic carbocycles. The molecular formula is C12H11N5O2S. The lowest BCUT2D eigenvalue weighted by atomic mass is 10.2. The summed E-state index contributed by atoms with van der Waals surface area (Å²) in [6, 6.07) is 7.56. The molecule has 8 heteroatoms. The zero-order valence-corrected chi connectivity index (χ0v) is 11.6. The molecule has 0 fully saturated rings. The molecule has 0 atom stereocenters. The summed E-state index contributed by atoms with van der Waals surface area (Å²) in [4.78, 5) is 3.97. The van der Waals surface area contributed by atoms with Crippen molar-refractivity contribution in [2.75, 3.05) is 4.72 Å². The standard InChI is InChI=1S/C12H11N5O2S/c1-8-9(2)15-16-12(14-8)17-20(18,19)11-5-3-4-10(6-11)7-13/h3-6H,1-2H3,(H,14,16,17). The molecule has 0 radical (unpaired) electrons. The Morgan fingerprint density at radius 3 is 2.60 bits per heavy atom. The average molecular weight is 289 g/mol. The van der Waals surface area contributed by atoms with Crippen LogP contribution in [-0.2, 0) is 10.0 Å². The quantitative estimate of drug-likeness (QED) is 0.908. The van der Waals surface area contributed by atoms with E-state index in [9.17, 15) is 8.42 Å². The molecule has 0 aliphatic heterocycles. The Morgan fingerprint density at radius 1 is 1.20 bits per heavy atom. The van der Waals surface area contributed by atoms with Gasteiger partial charge in [0.2, 0.25) is 0 Å². The third-order valence-corrected chi connectivity index (χ3v) is 3.92. The molecular weight excluding hydrogens is 278 g/mol. The SMILES string of the molecule is Cc1nnc(NS(=O)(=O)c2cccc(C#N)c2)nc1C. The van der Waals surface area contributed by atoms with Gasteiger partial charge in [-0.3, -0.25) is 0 Å². The molecule has 0 aliphatic rings. The van der Waals surface area contributed by atoms with Crippen LogP contribution in [0.4, 0.5) is 5.95 Å². The second-order valence-corrected chi connectivity index (χ2v) is 5.73. The second-order valence-electron chi connectivity index (χ2n) is 4.05. The highest BCUT2D eigenvalue weighted by Gasteiger charge is 2.16. The number of hydrogen-bond acceptors (Lipinski definition) is 6. The van der Waals surface area contributed by atoms with Crippen LogP contribution < -0.4 is 4.72 Å². The summed E-state index contributed by atoms with van der Waals surface area (Å²) in [6.45, 7) is 3.43. The Hall–Kier alpha value is -2.53. The van der Waals surface area contributed by atoms with E-state index in [1.165, 1.54) is 24.3 Å². The van der Waals surface area contributed by atoms with Crippen LogP contribution in [0.1, 0.15) is 17.0 Å². The smallest absolute Gasteiger partial charge is 0.246 e. The van der Waals surface area contributed by atoms with Crippen molar-refractivity contribution in [3.05, 3.63) is 41.2 Å². The number of rotatable bonds is 3. The minimum atomic E-state index is -3.84. The van der Waals surface area contributed by atoms with Gasteiger partial charge in [0, 0.05) is 0 Å². The number of aromatic nitrogens is 3. The fraction of sp³-hybridized carbons (Fsp3) is 0.167. The lowest BCUT2D eigenvalue weighted by molar-refractivity contribution is 0.600. The van der Waals surface area contributed by atoms with Crippen molar-refractivity contribution in [1.29, 1.82) is 5.26 Å². The molecule has 0 saturated carbocycles. The molecule has 0 bridgehead atoms. The fourth-order valence-electron chi connectivity index (χ4n) is 1.41. The zero-order valence-electron chi connectivity index (χ0n) is 10.8. The van der Waals surface area contributed by atoms with Gasteiger partial charge in [-0.05, 0) is 32.0 Å². The summed E-state index contributed by atoms with van der Waals surface area (Å²) in [5.74, 6) is -0.101. The highest BCUT2D eigenvalue weighted by molar-refractivity contribution is 7.92. The van der Waals surface area contributed by atoms with Crippen molar-refractivity contribution in [3.63, 3.8) is 0 Å². The van der Waals surface area contributed by atoms with Crippen LogP contribution in [0.2, 0.25) is 0 Å². The maximum atomic E-state index is 12.1. The Morgan fingerprint density at radius 2 is 1.95 bits per heavy atom. The van der Waals surface area contributed by atoms with E-state index in [-0.39, 0.29) is 16.4 Å². The largest absolute Gasteiger partial charge is 0.264 e. The lowest BCUT2D eigenvalue weighted by Crippen LogP contribution is -2.16. The van der Waals surface area contributed by atoms with Gasteiger partial charge in [-0.15, -0.1) is 5.10 Å². The maximum Gasteiger partial charge on any atom is 0.264 e. The minimum absolute atomic E-state index is 0.0293. The van der Waals surface area contributed by atoms with E-state index in [4.69, 9.17) is 5.26 Å².